The van der Waals surface area contributed by atoms with Crippen LogP contribution in [-0.2, 0) is 29.9 Å². The highest BCUT2D eigenvalue weighted by molar-refractivity contribution is 9.10. The monoisotopic (exact) mass is 377 g/mol. The average molecular weight is 378 g/mol. The molecule has 0 aromatic heterocycles. The number of halogens is 1. The fourth-order valence-corrected chi connectivity index (χ4v) is 3.33. The van der Waals surface area contributed by atoms with Crippen molar-refractivity contribution in [2.75, 3.05) is 19.4 Å². The zero-order valence-electron chi connectivity index (χ0n) is 11.5. The molecule has 0 atom stereocenters. The largest absolute Gasteiger partial charge is 0.469 e. The summed E-state index contributed by atoms with van der Waals surface area (Å²) < 4.78 is 29.0. The molecule has 0 heterocycles. The Kier molecular flexibility index (Phi) is 6.83. The third-order valence-corrected chi connectivity index (χ3v) is 4.47. The van der Waals surface area contributed by atoms with Gasteiger partial charge in [0.1, 0.15) is 5.75 Å². The van der Waals surface area contributed by atoms with Gasteiger partial charge in [0.05, 0.1) is 19.3 Å². The van der Waals surface area contributed by atoms with Gasteiger partial charge in [0.15, 0.2) is 9.84 Å². The number of benzene rings is 1. The number of hydrogen-bond acceptors (Lipinski definition) is 5. The molecule has 1 rings (SSSR count). The molecular formula is C13H16BrNO5S. The molecule has 0 bridgehead atoms. The van der Waals surface area contributed by atoms with Crippen molar-refractivity contribution >= 4 is 37.6 Å². The number of nitrogens with one attached hydrogen (secondary N) is 1. The van der Waals surface area contributed by atoms with E-state index in [4.69, 9.17) is 0 Å². The number of methoxy groups -OCH3 is 1. The molecule has 0 saturated heterocycles. The molecular weight excluding hydrogens is 362 g/mol. The Bertz CT molecular complexity index is 615. The number of hydrogen-bond donors (Lipinski definition) is 1. The fraction of sp³-hybridized carbons (Fsp3) is 0.385. The van der Waals surface area contributed by atoms with Crippen LogP contribution in [0.3, 0.4) is 0 Å². The predicted molar refractivity (Wildman–Crippen MR) is 81.3 cm³/mol. The Morgan fingerprint density at radius 1 is 1.33 bits per heavy atom. The molecule has 8 heteroatoms. The Hall–Kier alpha value is -1.41. The molecule has 0 radical (unpaired) electrons. The molecule has 0 saturated carbocycles. The van der Waals surface area contributed by atoms with Crippen molar-refractivity contribution in [2.45, 2.75) is 12.2 Å². The normalized spacial score (nSPS) is 11.0. The molecule has 1 aromatic carbocycles. The Morgan fingerprint density at radius 3 is 2.67 bits per heavy atom. The molecule has 21 heavy (non-hydrogen) atoms. The first kappa shape index (κ1) is 17.6. The van der Waals surface area contributed by atoms with Gasteiger partial charge in [0.2, 0.25) is 5.91 Å². The van der Waals surface area contributed by atoms with Gasteiger partial charge in [-0.15, -0.1) is 0 Å². The number of amides is 1. The van der Waals surface area contributed by atoms with E-state index in [1.54, 1.807) is 24.3 Å². The summed E-state index contributed by atoms with van der Waals surface area (Å²) in [6, 6.07) is 6.88. The van der Waals surface area contributed by atoms with E-state index in [2.05, 4.69) is 26.0 Å². The summed E-state index contributed by atoms with van der Waals surface area (Å²) in [5.41, 5.74) is 0.603. The summed E-state index contributed by atoms with van der Waals surface area (Å²) in [6.45, 7) is 0.0535. The summed E-state index contributed by atoms with van der Waals surface area (Å²) in [5.74, 6) is -1.92. The van der Waals surface area contributed by atoms with Gasteiger partial charge in [0.25, 0.3) is 0 Å². The Morgan fingerprint density at radius 2 is 2.05 bits per heavy atom. The van der Waals surface area contributed by atoms with Crippen molar-refractivity contribution in [3.63, 3.8) is 0 Å². The van der Waals surface area contributed by atoms with Crippen molar-refractivity contribution < 1.29 is 22.7 Å². The molecule has 0 aliphatic rings. The molecule has 0 unspecified atom stereocenters. The lowest BCUT2D eigenvalue weighted by atomic mass is 10.2. The minimum atomic E-state index is -3.56. The summed E-state index contributed by atoms with van der Waals surface area (Å²) in [6.07, 6.45) is 0.00786. The van der Waals surface area contributed by atoms with Gasteiger partial charge in [-0.2, -0.15) is 0 Å². The first-order valence-corrected chi connectivity index (χ1v) is 8.72. The van der Waals surface area contributed by atoms with Gasteiger partial charge < -0.3 is 10.1 Å². The first-order valence-electron chi connectivity index (χ1n) is 6.11. The SMILES string of the molecule is COC(=O)CCNC(=O)CS(=O)(=O)Cc1cccc(Br)c1. The maximum Gasteiger partial charge on any atom is 0.307 e. The van der Waals surface area contributed by atoms with E-state index in [9.17, 15) is 18.0 Å². The Balaban J connectivity index is 2.48. The second kappa shape index (κ2) is 8.14. The molecule has 0 spiro atoms. The third kappa shape index (κ3) is 7.24. The molecule has 0 aliphatic heterocycles. The minimum absolute atomic E-state index is 0.00786. The summed E-state index contributed by atoms with van der Waals surface area (Å²) in [4.78, 5) is 22.4. The van der Waals surface area contributed by atoms with Gasteiger partial charge in [0, 0.05) is 11.0 Å². The predicted octanol–water partition coefficient (Wildman–Crippen LogP) is 1.04. The van der Waals surface area contributed by atoms with Crippen molar-refractivity contribution in [2.24, 2.45) is 0 Å². The molecule has 116 valence electrons. The standard InChI is InChI=1S/C13H16BrNO5S/c1-20-13(17)5-6-15-12(16)9-21(18,19)8-10-3-2-4-11(14)7-10/h2-4,7H,5-6,8-9H2,1H3,(H,15,16). The van der Waals surface area contributed by atoms with Crippen LogP contribution in [0, 0.1) is 0 Å². The number of ether oxygens (including phenoxy) is 1. The van der Waals surface area contributed by atoms with Crippen LogP contribution in [0.2, 0.25) is 0 Å². The van der Waals surface area contributed by atoms with Crippen molar-refractivity contribution in [1.29, 1.82) is 0 Å². The quantitative estimate of drug-likeness (QED) is 0.717. The van der Waals surface area contributed by atoms with Crippen LogP contribution in [0.4, 0.5) is 0 Å². The summed E-state index contributed by atoms with van der Waals surface area (Å²) in [5, 5.41) is 2.37. The van der Waals surface area contributed by atoms with Crippen LogP contribution in [0.1, 0.15) is 12.0 Å². The minimum Gasteiger partial charge on any atom is -0.469 e. The average Bonchev–Trinajstić information content (AvgIpc) is 2.37. The van der Waals surface area contributed by atoms with Gasteiger partial charge in [-0.25, -0.2) is 8.42 Å². The number of rotatable bonds is 7. The van der Waals surface area contributed by atoms with Crippen LogP contribution >= 0.6 is 15.9 Å². The van der Waals surface area contributed by atoms with E-state index in [0.29, 0.717) is 5.56 Å². The maximum absolute atomic E-state index is 11.9. The van der Waals surface area contributed by atoms with Crippen molar-refractivity contribution in [1.82, 2.24) is 5.32 Å². The van der Waals surface area contributed by atoms with Crippen molar-refractivity contribution in [3.8, 4) is 0 Å². The van der Waals surface area contributed by atoms with E-state index in [1.807, 2.05) is 0 Å². The van der Waals surface area contributed by atoms with E-state index >= 15 is 0 Å². The van der Waals surface area contributed by atoms with Crippen LogP contribution in [0.15, 0.2) is 28.7 Å². The summed E-state index contributed by atoms with van der Waals surface area (Å²) in [7, 11) is -2.31. The lowest BCUT2D eigenvalue weighted by Gasteiger charge is -2.06. The van der Waals surface area contributed by atoms with E-state index in [1.165, 1.54) is 7.11 Å². The van der Waals surface area contributed by atoms with Crippen LogP contribution in [0.5, 0.6) is 0 Å². The first-order chi connectivity index (χ1) is 9.82. The highest BCUT2D eigenvalue weighted by Gasteiger charge is 2.17. The number of carbonyl (C=O) groups is 2. The Labute approximate surface area is 131 Å². The summed E-state index contributed by atoms with van der Waals surface area (Å²) >= 11 is 3.26. The smallest absolute Gasteiger partial charge is 0.307 e. The van der Waals surface area contributed by atoms with Crippen LogP contribution < -0.4 is 5.32 Å². The maximum atomic E-state index is 11.9. The molecule has 6 nitrogen and oxygen atoms in total. The van der Waals surface area contributed by atoms with Gasteiger partial charge in [-0.05, 0) is 17.7 Å². The lowest BCUT2D eigenvalue weighted by molar-refractivity contribution is -0.140. The number of sulfone groups is 1. The molecule has 1 N–H and O–H groups in total. The van der Waals surface area contributed by atoms with Gasteiger partial charge in [-0.3, -0.25) is 9.59 Å². The van der Waals surface area contributed by atoms with E-state index in [0.717, 1.165) is 4.47 Å². The van der Waals surface area contributed by atoms with E-state index in [-0.39, 0.29) is 18.7 Å². The van der Waals surface area contributed by atoms with Crippen LogP contribution in [-0.4, -0.2) is 39.7 Å². The van der Waals surface area contributed by atoms with Crippen LogP contribution in [0.25, 0.3) is 0 Å². The fourth-order valence-electron chi connectivity index (χ4n) is 1.59. The highest BCUT2D eigenvalue weighted by Crippen LogP contribution is 2.14. The molecule has 1 amide bonds. The number of esters is 1. The second-order valence-corrected chi connectivity index (χ2v) is 7.32. The van der Waals surface area contributed by atoms with Gasteiger partial charge in [-0.1, -0.05) is 28.1 Å². The van der Waals surface area contributed by atoms with Gasteiger partial charge >= 0.3 is 5.97 Å². The van der Waals surface area contributed by atoms with E-state index < -0.39 is 27.5 Å². The second-order valence-electron chi connectivity index (χ2n) is 4.34. The molecule has 0 fully saturated rings. The topological polar surface area (TPSA) is 89.5 Å². The zero-order chi connectivity index (χ0) is 15.9. The lowest BCUT2D eigenvalue weighted by Crippen LogP contribution is -2.32. The third-order valence-electron chi connectivity index (χ3n) is 2.51. The van der Waals surface area contributed by atoms with Crippen molar-refractivity contribution in [3.05, 3.63) is 34.3 Å². The number of carbonyl (C=O) groups excluding carboxylic acids is 2. The molecule has 1 aromatic rings. The zero-order valence-corrected chi connectivity index (χ0v) is 13.9. The molecule has 0 aliphatic carbocycles. The highest BCUT2D eigenvalue weighted by atomic mass is 79.9.